The van der Waals surface area contributed by atoms with E-state index in [1.165, 1.54) is 6.92 Å². The van der Waals surface area contributed by atoms with Gasteiger partial charge >= 0.3 is 5.92 Å². The van der Waals surface area contributed by atoms with Crippen LogP contribution in [0.1, 0.15) is 27.2 Å². The third-order valence-electron chi connectivity index (χ3n) is 0.988. The summed E-state index contributed by atoms with van der Waals surface area (Å²) in [5.74, 6) is 1.60. The average molecular weight is 146 g/mol. The maximum absolute atomic E-state index is 12.3. The molecule has 0 bridgehead atoms. The maximum atomic E-state index is 12.3. The normalized spacial score (nSPS) is 11.0. The van der Waals surface area contributed by atoms with Gasteiger partial charge in [0, 0.05) is 12.3 Å². The van der Waals surface area contributed by atoms with Crippen LogP contribution in [-0.4, -0.2) is 5.92 Å². The molecular weight excluding hydrogens is 134 g/mol. The highest BCUT2D eigenvalue weighted by Gasteiger charge is 2.21. The molecule has 0 nitrogen and oxygen atoms in total. The van der Waals surface area contributed by atoms with E-state index in [-0.39, 0.29) is 12.3 Å². The summed E-state index contributed by atoms with van der Waals surface area (Å²) in [7, 11) is 0. The summed E-state index contributed by atoms with van der Waals surface area (Å²) in [5.41, 5.74) is 0. The van der Waals surface area contributed by atoms with Gasteiger partial charge < -0.3 is 0 Å². The van der Waals surface area contributed by atoms with E-state index in [2.05, 4.69) is 5.92 Å². The quantitative estimate of drug-likeness (QED) is 0.499. The number of rotatable bonds is 1. The first kappa shape index (κ1) is 9.42. The largest absolute Gasteiger partial charge is 0.307 e. The molecule has 10 heavy (non-hydrogen) atoms. The lowest BCUT2D eigenvalue weighted by Gasteiger charge is -2.03. The van der Waals surface area contributed by atoms with Crippen LogP contribution in [0.3, 0.4) is 0 Å². The van der Waals surface area contributed by atoms with Crippen LogP contribution < -0.4 is 0 Å². The van der Waals surface area contributed by atoms with Crippen molar-refractivity contribution in [2.24, 2.45) is 5.92 Å². The van der Waals surface area contributed by atoms with E-state index in [1.807, 2.05) is 5.92 Å². The smallest absolute Gasteiger partial charge is 0.192 e. The van der Waals surface area contributed by atoms with E-state index in [1.54, 1.807) is 13.8 Å². The number of hydrogen-bond donors (Lipinski definition) is 0. The second kappa shape index (κ2) is 3.55. The van der Waals surface area contributed by atoms with Crippen LogP contribution in [0.15, 0.2) is 0 Å². The highest BCUT2D eigenvalue weighted by Crippen LogP contribution is 2.15. The molecule has 58 valence electrons. The Labute approximate surface area is 60.6 Å². The van der Waals surface area contributed by atoms with Crippen molar-refractivity contribution in [3.63, 3.8) is 0 Å². The van der Waals surface area contributed by atoms with Gasteiger partial charge in [0.2, 0.25) is 0 Å². The molecule has 0 atom stereocenters. The Morgan fingerprint density at radius 2 is 1.90 bits per heavy atom. The predicted octanol–water partition coefficient (Wildman–Crippen LogP) is 2.69. The molecule has 0 heterocycles. The first-order chi connectivity index (χ1) is 4.48. The van der Waals surface area contributed by atoms with Gasteiger partial charge in [-0.2, -0.15) is 8.78 Å². The van der Waals surface area contributed by atoms with Gasteiger partial charge in [-0.3, -0.25) is 0 Å². The van der Waals surface area contributed by atoms with E-state index in [0.717, 1.165) is 0 Å². The highest BCUT2D eigenvalue weighted by atomic mass is 19.3. The van der Waals surface area contributed by atoms with Gasteiger partial charge in [0.15, 0.2) is 0 Å². The van der Waals surface area contributed by atoms with Crippen LogP contribution >= 0.6 is 0 Å². The van der Waals surface area contributed by atoms with E-state index in [4.69, 9.17) is 0 Å². The number of hydrogen-bond acceptors (Lipinski definition) is 0. The minimum Gasteiger partial charge on any atom is -0.192 e. The maximum Gasteiger partial charge on any atom is 0.307 e. The fourth-order valence-corrected chi connectivity index (χ4v) is 0.338. The fourth-order valence-electron chi connectivity index (χ4n) is 0.338. The van der Waals surface area contributed by atoms with Crippen molar-refractivity contribution < 1.29 is 8.78 Å². The van der Waals surface area contributed by atoms with Gasteiger partial charge in [-0.05, 0) is 5.92 Å². The molecule has 0 saturated heterocycles. The summed E-state index contributed by atoms with van der Waals surface area (Å²) >= 11 is 0. The van der Waals surface area contributed by atoms with E-state index in [9.17, 15) is 8.78 Å². The first-order valence-electron chi connectivity index (χ1n) is 3.38. The second-order valence-corrected chi connectivity index (χ2v) is 2.48. The zero-order valence-electron chi connectivity index (χ0n) is 6.54. The van der Waals surface area contributed by atoms with Gasteiger partial charge in [-0.1, -0.05) is 26.7 Å². The van der Waals surface area contributed by atoms with Crippen molar-refractivity contribution in [2.45, 2.75) is 33.1 Å². The molecule has 2 heteroatoms. The van der Waals surface area contributed by atoms with Gasteiger partial charge in [0.1, 0.15) is 0 Å². The molecule has 0 aromatic carbocycles. The molecule has 0 aliphatic heterocycles. The summed E-state index contributed by atoms with van der Waals surface area (Å²) in [6.07, 6.45) is -0.202. The third-order valence-corrected chi connectivity index (χ3v) is 0.988. The average Bonchev–Trinajstić information content (AvgIpc) is 1.85. The van der Waals surface area contributed by atoms with E-state index < -0.39 is 5.92 Å². The van der Waals surface area contributed by atoms with Crippen molar-refractivity contribution in [3.05, 3.63) is 0 Å². The zero-order valence-corrected chi connectivity index (χ0v) is 6.54. The molecular formula is C8H12F2. The molecule has 0 aliphatic carbocycles. The molecule has 0 saturated carbocycles. The van der Waals surface area contributed by atoms with Crippen molar-refractivity contribution in [2.75, 3.05) is 0 Å². The van der Waals surface area contributed by atoms with Crippen LogP contribution in [-0.2, 0) is 0 Å². The Morgan fingerprint density at radius 1 is 1.40 bits per heavy atom. The highest BCUT2D eigenvalue weighted by molar-refractivity contribution is 5.10. The second-order valence-electron chi connectivity index (χ2n) is 2.48. The van der Waals surface area contributed by atoms with Crippen molar-refractivity contribution in [1.29, 1.82) is 0 Å². The lowest BCUT2D eigenvalue weighted by atomic mass is 10.2. The van der Waals surface area contributed by atoms with Crippen LogP contribution in [0.5, 0.6) is 0 Å². The van der Waals surface area contributed by atoms with Crippen molar-refractivity contribution >= 4 is 0 Å². The molecule has 0 aromatic heterocycles. The SMILES string of the molecule is CCC(F)(F)C#CC(C)C. The molecule has 0 rings (SSSR count). The molecule has 0 N–H and O–H groups in total. The Kier molecular flexibility index (Phi) is 3.35. The van der Waals surface area contributed by atoms with Crippen LogP contribution in [0.4, 0.5) is 8.78 Å². The summed E-state index contributed by atoms with van der Waals surface area (Å²) in [6, 6.07) is 0. The minimum atomic E-state index is -2.79. The molecule has 0 aromatic rings. The molecule has 0 unspecified atom stereocenters. The van der Waals surface area contributed by atoms with E-state index in [0.29, 0.717) is 0 Å². The van der Waals surface area contributed by atoms with Gasteiger partial charge in [-0.25, -0.2) is 0 Å². The van der Waals surface area contributed by atoms with Crippen LogP contribution in [0.25, 0.3) is 0 Å². The van der Waals surface area contributed by atoms with Crippen molar-refractivity contribution in [3.8, 4) is 11.8 Å². The Balaban J connectivity index is 4.02. The summed E-state index contributed by atoms with van der Waals surface area (Å²) in [5, 5.41) is 0. The summed E-state index contributed by atoms with van der Waals surface area (Å²) < 4.78 is 24.7. The molecule has 0 aliphatic rings. The summed E-state index contributed by atoms with van der Waals surface area (Å²) in [6.45, 7) is 5.01. The van der Waals surface area contributed by atoms with E-state index >= 15 is 0 Å². The molecule has 0 fully saturated rings. The van der Waals surface area contributed by atoms with Crippen LogP contribution in [0, 0.1) is 17.8 Å². The monoisotopic (exact) mass is 146 g/mol. The lowest BCUT2D eigenvalue weighted by molar-refractivity contribution is 0.0621. The number of halogens is 2. The lowest BCUT2D eigenvalue weighted by Crippen LogP contribution is -2.10. The van der Waals surface area contributed by atoms with Crippen LogP contribution in [0.2, 0.25) is 0 Å². The fraction of sp³-hybridized carbons (Fsp3) is 0.750. The Hall–Kier alpha value is -0.580. The zero-order chi connectivity index (χ0) is 8.20. The topological polar surface area (TPSA) is 0 Å². The Morgan fingerprint density at radius 3 is 2.20 bits per heavy atom. The third kappa shape index (κ3) is 4.31. The molecule has 0 radical (unpaired) electrons. The standard InChI is InChI=1S/C8H12F2/c1-4-8(9,10)6-5-7(2)3/h7H,4H2,1-3H3. The molecule has 0 amide bonds. The first-order valence-corrected chi connectivity index (χ1v) is 3.38. The van der Waals surface area contributed by atoms with Gasteiger partial charge in [0.25, 0.3) is 0 Å². The predicted molar refractivity (Wildman–Crippen MR) is 37.9 cm³/mol. The minimum absolute atomic E-state index is 0.0254. The number of alkyl halides is 2. The Bertz CT molecular complexity index is 148. The van der Waals surface area contributed by atoms with Gasteiger partial charge in [-0.15, -0.1) is 0 Å². The van der Waals surface area contributed by atoms with Gasteiger partial charge in [0.05, 0.1) is 0 Å². The van der Waals surface area contributed by atoms with Crippen molar-refractivity contribution in [1.82, 2.24) is 0 Å². The summed E-state index contributed by atoms with van der Waals surface area (Å²) in [4.78, 5) is 0. The molecule has 0 spiro atoms.